The van der Waals surface area contributed by atoms with E-state index in [9.17, 15) is 4.79 Å². The fraction of sp³-hybridized carbons (Fsp3) is 0.417. The lowest BCUT2D eigenvalue weighted by Gasteiger charge is -2.14. The highest BCUT2D eigenvalue weighted by Gasteiger charge is 2.25. The molecule has 2 N–H and O–H groups in total. The van der Waals surface area contributed by atoms with Crippen LogP contribution in [0.15, 0.2) is 18.2 Å². The van der Waals surface area contributed by atoms with Crippen LogP contribution in [-0.4, -0.2) is 35.2 Å². The first-order valence-electron chi connectivity index (χ1n) is 5.71. The lowest BCUT2D eigenvalue weighted by atomic mass is 10.2. The minimum Gasteiger partial charge on any atom is -0.465 e. The maximum atomic E-state index is 10.8. The van der Waals surface area contributed by atoms with Gasteiger partial charge in [-0.15, -0.1) is 0 Å². The van der Waals surface area contributed by atoms with Gasteiger partial charge < -0.3 is 15.3 Å². The zero-order valence-electron chi connectivity index (χ0n) is 9.70. The molecule has 1 amide bonds. The standard InChI is InChI=1S/C12H14Cl2N2O2/c13-9-2-1-8(11(14)5-9)6-15-10-3-4-16(7-10)12(17)18/h1-2,5,10,15H,3-4,6-7H2,(H,17,18)/t10-/m0/s1. The minimum atomic E-state index is -0.858. The third kappa shape index (κ3) is 3.28. The Morgan fingerprint density at radius 3 is 2.89 bits per heavy atom. The quantitative estimate of drug-likeness (QED) is 0.899. The van der Waals surface area contributed by atoms with Gasteiger partial charge in [-0.1, -0.05) is 29.3 Å². The van der Waals surface area contributed by atoms with Gasteiger partial charge in [-0.2, -0.15) is 0 Å². The van der Waals surface area contributed by atoms with Crippen LogP contribution in [0.2, 0.25) is 10.0 Å². The van der Waals surface area contributed by atoms with Crippen molar-refractivity contribution in [3.8, 4) is 0 Å². The molecule has 1 aromatic rings. The Balaban J connectivity index is 1.87. The number of nitrogens with one attached hydrogen (secondary N) is 1. The van der Waals surface area contributed by atoms with Gasteiger partial charge in [-0.3, -0.25) is 0 Å². The van der Waals surface area contributed by atoms with Gasteiger partial charge in [0, 0.05) is 35.7 Å². The third-order valence-corrected chi connectivity index (χ3v) is 3.64. The van der Waals surface area contributed by atoms with E-state index in [2.05, 4.69) is 5.32 Å². The number of likely N-dealkylation sites (tertiary alicyclic amines) is 1. The molecule has 1 saturated heterocycles. The van der Waals surface area contributed by atoms with Crippen molar-refractivity contribution in [2.24, 2.45) is 0 Å². The van der Waals surface area contributed by atoms with Crippen LogP contribution in [0.1, 0.15) is 12.0 Å². The summed E-state index contributed by atoms with van der Waals surface area (Å²) in [6, 6.07) is 5.57. The van der Waals surface area contributed by atoms with E-state index in [1.54, 1.807) is 12.1 Å². The number of halogens is 2. The van der Waals surface area contributed by atoms with E-state index >= 15 is 0 Å². The van der Waals surface area contributed by atoms with Gasteiger partial charge in [0.2, 0.25) is 0 Å². The number of carboxylic acid groups (broad SMARTS) is 1. The molecule has 1 aliphatic rings. The molecule has 1 atom stereocenters. The summed E-state index contributed by atoms with van der Waals surface area (Å²) in [6.45, 7) is 1.73. The smallest absolute Gasteiger partial charge is 0.407 e. The van der Waals surface area contributed by atoms with Crippen molar-refractivity contribution >= 4 is 29.3 Å². The van der Waals surface area contributed by atoms with Crippen molar-refractivity contribution in [2.45, 2.75) is 19.0 Å². The van der Waals surface area contributed by atoms with Crippen LogP contribution in [0, 0.1) is 0 Å². The molecule has 2 rings (SSSR count). The molecule has 0 saturated carbocycles. The molecule has 0 bridgehead atoms. The van der Waals surface area contributed by atoms with Crippen molar-refractivity contribution in [3.63, 3.8) is 0 Å². The molecule has 0 aromatic heterocycles. The largest absolute Gasteiger partial charge is 0.465 e. The molecule has 1 heterocycles. The fourth-order valence-corrected chi connectivity index (χ4v) is 2.50. The molecule has 0 unspecified atom stereocenters. The van der Waals surface area contributed by atoms with Crippen molar-refractivity contribution in [1.29, 1.82) is 0 Å². The molecule has 18 heavy (non-hydrogen) atoms. The summed E-state index contributed by atoms with van der Waals surface area (Å²) >= 11 is 11.9. The second kappa shape index (κ2) is 5.78. The Labute approximate surface area is 115 Å². The van der Waals surface area contributed by atoms with Crippen LogP contribution >= 0.6 is 23.2 Å². The first kappa shape index (κ1) is 13.5. The molecule has 1 fully saturated rings. The second-order valence-corrected chi connectivity index (χ2v) is 5.17. The molecular weight excluding hydrogens is 275 g/mol. The molecule has 98 valence electrons. The number of hydrogen-bond acceptors (Lipinski definition) is 2. The van der Waals surface area contributed by atoms with E-state index in [1.807, 2.05) is 6.07 Å². The van der Waals surface area contributed by atoms with Gasteiger partial charge in [0.15, 0.2) is 0 Å². The molecule has 0 aliphatic carbocycles. The van der Waals surface area contributed by atoms with Gasteiger partial charge in [0.25, 0.3) is 0 Å². The molecule has 0 radical (unpaired) electrons. The SMILES string of the molecule is O=C(O)N1CC[C@H](NCc2ccc(Cl)cc2Cl)C1. The van der Waals surface area contributed by atoms with Crippen LogP contribution in [-0.2, 0) is 6.54 Å². The number of carbonyl (C=O) groups is 1. The molecular formula is C12H14Cl2N2O2. The van der Waals surface area contributed by atoms with E-state index < -0.39 is 6.09 Å². The summed E-state index contributed by atoms with van der Waals surface area (Å²) in [5.41, 5.74) is 0.967. The number of nitrogens with zero attached hydrogens (tertiary/aromatic N) is 1. The first-order valence-corrected chi connectivity index (χ1v) is 6.47. The predicted molar refractivity (Wildman–Crippen MR) is 71.3 cm³/mol. The van der Waals surface area contributed by atoms with Crippen LogP contribution in [0.5, 0.6) is 0 Å². The minimum absolute atomic E-state index is 0.188. The third-order valence-electron chi connectivity index (χ3n) is 3.06. The van der Waals surface area contributed by atoms with Gasteiger partial charge in [-0.25, -0.2) is 4.79 Å². The topological polar surface area (TPSA) is 52.6 Å². The Bertz CT molecular complexity index is 454. The maximum absolute atomic E-state index is 10.8. The van der Waals surface area contributed by atoms with Gasteiger partial charge >= 0.3 is 6.09 Å². The Morgan fingerprint density at radius 2 is 2.28 bits per heavy atom. The Hall–Kier alpha value is -0.970. The highest BCUT2D eigenvalue weighted by atomic mass is 35.5. The highest BCUT2D eigenvalue weighted by Crippen LogP contribution is 2.21. The van der Waals surface area contributed by atoms with Crippen LogP contribution in [0.25, 0.3) is 0 Å². The number of amides is 1. The van der Waals surface area contributed by atoms with Crippen molar-refractivity contribution in [3.05, 3.63) is 33.8 Å². The molecule has 0 spiro atoms. The van der Waals surface area contributed by atoms with E-state index in [0.29, 0.717) is 29.7 Å². The molecule has 4 nitrogen and oxygen atoms in total. The van der Waals surface area contributed by atoms with Gasteiger partial charge in [0.1, 0.15) is 0 Å². The average molecular weight is 289 g/mol. The second-order valence-electron chi connectivity index (χ2n) is 4.33. The van der Waals surface area contributed by atoms with Crippen LogP contribution in [0.4, 0.5) is 4.79 Å². The summed E-state index contributed by atoms with van der Waals surface area (Å²) in [4.78, 5) is 12.2. The number of rotatable bonds is 3. The van der Waals surface area contributed by atoms with Crippen molar-refractivity contribution in [1.82, 2.24) is 10.2 Å². The Kier molecular flexibility index (Phi) is 4.32. The molecule has 6 heteroatoms. The lowest BCUT2D eigenvalue weighted by molar-refractivity contribution is 0.154. The summed E-state index contributed by atoms with van der Waals surface area (Å²) in [6.07, 6.45) is -0.0267. The van der Waals surface area contributed by atoms with E-state index in [1.165, 1.54) is 4.90 Å². The Morgan fingerprint density at radius 1 is 1.50 bits per heavy atom. The highest BCUT2D eigenvalue weighted by molar-refractivity contribution is 6.35. The van der Waals surface area contributed by atoms with Crippen molar-refractivity contribution < 1.29 is 9.90 Å². The summed E-state index contributed by atoms with van der Waals surface area (Å²) in [5, 5.41) is 13.4. The predicted octanol–water partition coefficient (Wildman–Crippen LogP) is 2.84. The van der Waals surface area contributed by atoms with Gasteiger partial charge in [-0.05, 0) is 24.1 Å². The average Bonchev–Trinajstić information content (AvgIpc) is 2.76. The summed E-state index contributed by atoms with van der Waals surface area (Å²) < 4.78 is 0. The zero-order valence-corrected chi connectivity index (χ0v) is 11.2. The normalized spacial score (nSPS) is 19.2. The first-order chi connectivity index (χ1) is 8.56. The lowest BCUT2D eigenvalue weighted by Crippen LogP contribution is -2.34. The van der Waals surface area contributed by atoms with E-state index in [-0.39, 0.29) is 6.04 Å². The van der Waals surface area contributed by atoms with E-state index in [4.69, 9.17) is 28.3 Å². The molecule has 1 aliphatic heterocycles. The molecule has 1 aromatic carbocycles. The zero-order chi connectivity index (χ0) is 13.1. The van der Waals surface area contributed by atoms with Gasteiger partial charge in [0.05, 0.1) is 0 Å². The van der Waals surface area contributed by atoms with E-state index in [0.717, 1.165) is 12.0 Å². The van der Waals surface area contributed by atoms with Crippen molar-refractivity contribution in [2.75, 3.05) is 13.1 Å². The monoisotopic (exact) mass is 288 g/mol. The van der Waals surface area contributed by atoms with Crippen LogP contribution < -0.4 is 5.32 Å². The number of benzene rings is 1. The summed E-state index contributed by atoms with van der Waals surface area (Å²) in [7, 11) is 0. The fourth-order valence-electron chi connectivity index (χ4n) is 2.02. The van der Waals surface area contributed by atoms with Crippen LogP contribution in [0.3, 0.4) is 0 Å². The maximum Gasteiger partial charge on any atom is 0.407 e. The number of hydrogen-bond donors (Lipinski definition) is 2. The summed E-state index contributed by atoms with van der Waals surface area (Å²) in [5.74, 6) is 0.